The van der Waals surface area contributed by atoms with Gasteiger partial charge >= 0.3 is 0 Å². The summed E-state index contributed by atoms with van der Waals surface area (Å²) in [6, 6.07) is 4.88. The van der Waals surface area contributed by atoms with Crippen molar-refractivity contribution in [3.8, 4) is 0 Å². The molecule has 0 aliphatic carbocycles. The Balaban J connectivity index is 2.34. The number of amides is 1. The lowest BCUT2D eigenvalue weighted by atomic mass is 10.1. The minimum absolute atomic E-state index is 0.114. The highest BCUT2D eigenvalue weighted by atomic mass is 32.2. The monoisotopic (exact) mass is 456 g/mol. The van der Waals surface area contributed by atoms with E-state index in [1.165, 1.54) is 6.07 Å². The first-order valence-corrected chi connectivity index (χ1v) is 13.3. The van der Waals surface area contributed by atoms with Crippen LogP contribution in [0.2, 0.25) is 0 Å². The minimum Gasteiger partial charge on any atom is -0.385 e. The van der Waals surface area contributed by atoms with Crippen LogP contribution >= 0.6 is 11.8 Å². The summed E-state index contributed by atoms with van der Waals surface area (Å²) >= 11 is 1.77. The molecule has 30 heavy (non-hydrogen) atoms. The lowest BCUT2D eigenvalue weighted by Crippen LogP contribution is -2.40. The molecule has 1 amide bonds. The van der Waals surface area contributed by atoms with Gasteiger partial charge in [-0.1, -0.05) is 0 Å². The van der Waals surface area contributed by atoms with Crippen LogP contribution in [0.4, 0.5) is 5.69 Å². The summed E-state index contributed by atoms with van der Waals surface area (Å²) < 4.78 is 28.6. The maximum Gasteiger partial charge on any atom is 0.254 e. The molecule has 0 unspecified atom stereocenters. The van der Waals surface area contributed by atoms with Gasteiger partial charge in [-0.15, -0.1) is 0 Å². The molecule has 0 atom stereocenters. The number of anilines is 1. The quantitative estimate of drug-likeness (QED) is 0.586. The SMILES string of the molecule is CSCCCNc1cc(C(=O)N2CCCN(C)CC2)cc(S(=O)(=O)NC(C)(C)C)c1. The van der Waals surface area contributed by atoms with Gasteiger partial charge in [-0.25, -0.2) is 13.1 Å². The van der Waals surface area contributed by atoms with Gasteiger partial charge in [0.25, 0.3) is 5.91 Å². The third kappa shape index (κ3) is 7.76. The van der Waals surface area contributed by atoms with Gasteiger partial charge in [0.1, 0.15) is 0 Å². The van der Waals surface area contributed by atoms with E-state index in [0.717, 1.165) is 38.2 Å². The third-order valence-electron chi connectivity index (χ3n) is 4.77. The summed E-state index contributed by atoms with van der Waals surface area (Å²) in [7, 11) is -1.70. The van der Waals surface area contributed by atoms with E-state index in [-0.39, 0.29) is 10.8 Å². The molecule has 1 fully saturated rings. The molecule has 2 rings (SSSR count). The van der Waals surface area contributed by atoms with Crippen molar-refractivity contribution in [3.63, 3.8) is 0 Å². The Morgan fingerprint density at radius 3 is 2.53 bits per heavy atom. The maximum atomic E-state index is 13.2. The van der Waals surface area contributed by atoms with Crippen molar-refractivity contribution in [1.29, 1.82) is 0 Å². The van der Waals surface area contributed by atoms with E-state index < -0.39 is 15.6 Å². The molecule has 0 saturated carbocycles. The van der Waals surface area contributed by atoms with Gasteiger partial charge in [0.15, 0.2) is 0 Å². The summed E-state index contributed by atoms with van der Waals surface area (Å²) in [4.78, 5) is 17.4. The minimum atomic E-state index is -3.75. The van der Waals surface area contributed by atoms with Gasteiger partial charge in [-0.2, -0.15) is 11.8 Å². The normalized spacial score (nSPS) is 16.4. The van der Waals surface area contributed by atoms with Crippen molar-refractivity contribution < 1.29 is 13.2 Å². The maximum absolute atomic E-state index is 13.2. The van der Waals surface area contributed by atoms with Crippen molar-refractivity contribution in [2.75, 3.05) is 57.1 Å². The van der Waals surface area contributed by atoms with Crippen LogP contribution in [0, 0.1) is 0 Å². The number of nitrogens with zero attached hydrogens (tertiary/aromatic N) is 2. The van der Waals surface area contributed by atoms with Gasteiger partial charge in [-0.3, -0.25) is 4.79 Å². The fourth-order valence-corrected chi connectivity index (χ4v) is 5.24. The number of likely N-dealkylation sites (N-methyl/N-ethyl adjacent to an activating group) is 1. The molecule has 2 N–H and O–H groups in total. The Morgan fingerprint density at radius 1 is 1.13 bits per heavy atom. The number of thioether (sulfide) groups is 1. The second-order valence-corrected chi connectivity index (χ2v) is 11.5. The third-order valence-corrected chi connectivity index (χ3v) is 7.20. The number of nitrogens with one attached hydrogen (secondary N) is 2. The Bertz CT molecular complexity index is 822. The van der Waals surface area contributed by atoms with Crippen LogP contribution in [0.5, 0.6) is 0 Å². The summed E-state index contributed by atoms with van der Waals surface area (Å²) in [6.45, 7) is 9.21. The van der Waals surface area contributed by atoms with Gasteiger partial charge < -0.3 is 15.1 Å². The number of hydrogen-bond donors (Lipinski definition) is 2. The molecule has 1 aromatic rings. The van der Waals surface area contributed by atoms with Crippen molar-refractivity contribution >= 4 is 33.4 Å². The van der Waals surface area contributed by atoms with E-state index in [4.69, 9.17) is 0 Å². The smallest absolute Gasteiger partial charge is 0.254 e. The number of benzene rings is 1. The molecule has 0 spiro atoms. The van der Waals surface area contributed by atoms with Crippen LogP contribution in [0.15, 0.2) is 23.1 Å². The van der Waals surface area contributed by atoms with Crippen molar-refractivity contribution in [2.45, 2.75) is 44.0 Å². The largest absolute Gasteiger partial charge is 0.385 e. The van der Waals surface area contributed by atoms with E-state index in [9.17, 15) is 13.2 Å². The predicted molar refractivity (Wildman–Crippen MR) is 126 cm³/mol. The van der Waals surface area contributed by atoms with Crippen molar-refractivity contribution in [2.24, 2.45) is 0 Å². The molecule has 0 radical (unpaired) electrons. The number of rotatable bonds is 8. The predicted octanol–water partition coefficient (Wildman–Crippen LogP) is 2.71. The molecule has 170 valence electrons. The first-order valence-electron chi connectivity index (χ1n) is 10.4. The van der Waals surface area contributed by atoms with E-state index in [2.05, 4.69) is 28.2 Å². The van der Waals surface area contributed by atoms with Crippen LogP contribution in [-0.4, -0.2) is 81.4 Å². The topological polar surface area (TPSA) is 81.8 Å². The van der Waals surface area contributed by atoms with Crippen LogP contribution in [-0.2, 0) is 10.0 Å². The number of sulfonamides is 1. The number of carbonyl (C=O) groups is 1. The standard InChI is InChI=1S/C21H36N4O3S2/c1-21(2,3)23-30(27,28)19-15-17(14-18(16-19)22-8-6-13-29-5)20(26)25-10-7-9-24(4)11-12-25/h14-16,22-23H,6-13H2,1-5H3. The van der Waals surface area contributed by atoms with E-state index >= 15 is 0 Å². The number of hydrogen-bond acceptors (Lipinski definition) is 6. The molecule has 1 aliphatic rings. The summed E-state index contributed by atoms with van der Waals surface area (Å²) in [6.07, 6.45) is 3.92. The highest BCUT2D eigenvalue weighted by Gasteiger charge is 2.25. The lowest BCUT2D eigenvalue weighted by molar-refractivity contribution is 0.0762. The molecular weight excluding hydrogens is 420 g/mol. The van der Waals surface area contributed by atoms with Crippen LogP contribution in [0.1, 0.15) is 44.0 Å². The van der Waals surface area contributed by atoms with E-state index in [1.807, 2.05) is 4.90 Å². The van der Waals surface area contributed by atoms with E-state index in [1.54, 1.807) is 44.7 Å². The Labute approximate surface area is 186 Å². The van der Waals surface area contributed by atoms with Gasteiger partial charge in [0.2, 0.25) is 10.0 Å². The van der Waals surface area contributed by atoms with Crippen LogP contribution in [0.3, 0.4) is 0 Å². The summed E-state index contributed by atoms with van der Waals surface area (Å²) in [5, 5.41) is 3.29. The first kappa shape index (κ1) is 25.0. The fraction of sp³-hybridized carbons (Fsp3) is 0.667. The van der Waals surface area contributed by atoms with E-state index in [0.29, 0.717) is 24.3 Å². The fourth-order valence-electron chi connectivity index (χ4n) is 3.32. The molecule has 1 aliphatic heterocycles. The molecule has 1 saturated heterocycles. The van der Waals surface area contributed by atoms with Crippen molar-refractivity contribution in [1.82, 2.24) is 14.5 Å². The van der Waals surface area contributed by atoms with Gasteiger partial charge in [0, 0.05) is 43.0 Å². The zero-order valence-corrected chi connectivity index (χ0v) is 20.5. The Kier molecular flexibility index (Phi) is 9.02. The highest BCUT2D eigenvalue weighted by molar-refractivity contribution is 7.98. The average Bonchev–Trinajstić information content (AvgIpc) is 2.87. The molecule has 0 aromatic heterocycles. The zero-order chi connectivity index (χ0) is 22.4. The average molecular weight is 457 g/mol. The second kappa shape index (κ2) is 10.8. The summed E-state index contributed by atoms with van der Waals surface area (Å²) in [5.41, 5.74) is 0.451. The number of carbonyl (C=O) groups excluding carboxylic acids is 1. The van der Waals surface area contributed by atoms with Crippen LogP contribution < -0.4 is 10.0 Å². The lowest BCUT2D eigenvalue weighted by Gasteiger charge is -2.23. The van der Waals surface area contributed by atoms with Crippen LogP contribution in [0.25, 0.3) is 0 Å². The molecule has 1 aromatic carbocycles. The van der Waals surface area contributed by atoms with Gasteiger partial charge in [0.05, 0.1) is 4.90 Å². The van der Waals surface area contributed by atoms with Crippen molar-refractivity contribution in [3.05, 3.63) is 23.8 Å². The molecular formula is C21H36N4O3S2. The first-order chi connectivity index (χ1) is 14.0. The molecule has 9 heteroatoms. The van der Waals surface area contributed by atoms with Gasteiger partial charge in [-0.05, 0) is 77.4 Å². The summed E-state index contributed by atoms with van der Waals surface area (Å²) in [5.74, 6) is 0.897. The molecule has 0 bridgehead atoms. The molecule has 7 nitrogen and oxygen atoms in total. The second-order valence-electron chi connectivity index (χ2n) is 8.82. The highest BCUT2D eigenvalue weighted by Crippen LogP contribution is 2.22. The zero-order valence-electron chi connectivity index (χ0n) is 18.8. The Morgan fingerprint density at radius 2 is 1.87 bits per heavy atom. The Hall–Kier alpha value is -1.29. The molecule has 1 heterocycles.